The van der Waals surface area contributed by atoms with Crippen molar-refractivity contribution < 1.29 is 9.59 Å². The van der Waals surface area contributed by atoms with E-state index in [4.69, 9.17) is 0 Å². The molecular formula is C19H19NO2. The van der Waals surface area contributed by atoms with E-state index < -0.39 is 0 Å². The van der Waals surface area contributed by atoms with Crippen LogP contribution in [0.4, 0.5) is 11.4 Å². The van der Waals surface area contributed by atoms with Crippen molar-refractivity contribution in [2.24, 2.45) is 0 Å². The summed E-state index contributed by atoms with van der Waals surface area (Å²) in [4.78, 5) is 27.1. The minimum absolute atomic E-state index is 0.0774. The lowest BCUT2D eigenvalue weighted by atomic mass is 9.91. The fourth-order valence-corrected chi connectivity index (χ4v) is 3.00. The van der Waals surface area contributed by atoms with Crippen LogP contribution in [-0.2, 0) is 0 Å². The highest BCUT2D eigenvalue weighted by Gasteiger charge is 2.32. The first-order valence-corrected chi connectivity index (χ1v) is 7.44. The van der Waals surface area contributed by atoms with Gasteiger partial charge in [-0.15, -0.1) is 0 Å². The number of carbonyl (C=O) groups is 2. The zero-order chi connectivity index (χ0) is 15.9. The minimum Gasteiger partial charge on any atom is -0.335 e. The lowest BCUT2D eigenvalue weighted by Gasteiger charge is -2.40. The average molecular weight is 293 g/mol. The number of Topliss-reactive ketones (excluding diaryl/α,β-unsaturated/α-hetero) is 2. The number of carbonyl (C=O) groups excluding carboxylic acids is 2. The van der Waals surface area contributed by atoms with Crippen molar-refractivity contribution in [3.63, 3.8) is 0 Å². The van der Waals surface area contributed by atoms with Crippen LogP contribution in [-0.4, -0.2) is 17.1 Å². The monoisotopic (exact) mass is 293 g/mol. The predicted molar refractivity (Wildman–Crippen MR) is 88.1 cm³/mol. The molecule has 0 saturated carbocycles. The third-order valence-corrected chi connectivity index (χ3v) is 3.88. The van der Waals surface area contributed by atoms with Gasteiger partial charge in [-0.2, -0.15) is 0 Å². The summed E-state index contributed by atoms with van der Waals surface area (Å²) in [6.07, 6.45) is -0.0774. The molecule has 1 aliphatic heterocycles. The number of hydrogen-bond acceptors (Lipinski definition) is 3. The summed E-state index contributed by atoms with van der Waals surface area (Å²) < 4.78 is 0. The number of anilines is 2. The summed E-state index contributed by atoms with van der Waals surface area (Å²) in [6.45, 7) is 6.24. The summed E-state index contributed by atoms with van der Waals surface area (Å²) >= 11 is 0. The molecule has 112 valence electrons. The Morgan fingerprint density at radius 2 is 1.18 bits per heavy atom. The number of hydrogen-bond donors (Lipinski definition) is 0. The second-order valence-electron chi connectivity index (χ2n) is 6.56. The van der Waals surface area contributed by atoms with Crippen LogP contribution in [0.3, 0.4) is 0 Å². The highest BCUT2D eigenvalue weighted by atomic mass is 16.1. The van der Waals surface area contributed by atoms with Gasteiger partial charge >= 0.3 is 0 Å². The van der Waals surface area contributed by atoms with Crippen molar-refractivity contribution in [1.82, 2.24) is 0 Å². The van der Waals surface area contributed by atoms with Gasteiger partial charge in [-0.3, -0.25) is 9.59 Å². The molecule has 0 radical (unpaired) electrons. The van der Waals surface area contributed by atoms with Crippen LogP contribution in [0.1, 0.15) is 47.9 Å². The zero-order valence-corrected chi connectivity index (χ0v) is 13.1. The molecule has 0 N–H and O–H groups in total. The third kappa shape index (κ3) is 2.33. The Hall–Kier alpha value is -2.42. The van der Waals surface area contributed by atoms with Gasteiger partial charge in [0.25, 0.3) is 0 Å². The molecule has 3 heteroatoms. The summed E-state index contributed by atoms with van der Waals surface area (Å²) in [5, 5.41) is 0. The van der Waals surface area contributed by atoms with Gasteiger partial charge in [0.2, 0.25) is 0 Å². The Balaban J connectivity index is 2.36. The minimum atomic E-state index is -0.260. The lowest BCUT2D eigenvalue weighted by molar-refractivity contribution is 0.0894. The van der Waals surface area contributed by atoms with Gasteiger partial charge < -0.3 is 4.90 Å². The summed E-state index contributed by atoms with van der Waals surface area (Å²) in [6, 6.07) is 15.0. The number of fused-ring (bicyclic) bond motifs is 2. The lowest BCUT2D eigenvalue weighted by Crippen LogP contribution is -2.40. The molecule has 0 spiro atoms. The van der Waals surface area contributed by atoms with E-state index in [1.807, 2.05) is 36.4 Å². The van der Waals surface area contributed by atoms with Gasteiger partial charge in [0, 0.05) is 16.7 Å². The predicted octanol–water partition coefficient (Wildman–Crippen LogP) is 4.39. The van der Waals surface area contributed by atoms with Crippen molar-refractivity contribution in [2.45, 2.75) is 32.7 Å². The van der Waals surface area contributed by atoms with E-state index in [-0.39, 0.29) is 23.5 Å². The summed E-state index contributed by atoms with van der Waals surface area (Å²) in [7, 11) is 0. The van der Waals surface area contributed by atoms with E-state index in [1.165, 1.54) is 0 Å². The van der Waals surface area contributed by atoms with Crippen molar-refractivity contribution in [3.05, 3.63) is 59.7 Å². The van der Waals surface area contributed by atoms with Crippen LogP contribution in [0.2, 0.25) is 0 Å². The molecular weight excluding hydrogens is 274 g/mol. The van der Waals surface area contributed by atoms with Gasteiger partial charge in [0.15, 0.2) is 11.6 Å². The molecule has 0 atom stereocenters. The second-order valence-corrected chi connectivity index (χ2v) is 6.56. The molecule has 1 heterocycles. The van der Waals surface area contributed by atoms with Gasteiger partial charge in [0.1, 0.15) is 0 Å². The van der Waals surface area contributed by atoms with Crippen molar-refractivity contribution >= 4 is 22.9 Å². The Morgan fingerprint density at radius 3 is 1.59 bits per heavy atom. The molecule has 0 unspecified atom stereocenters. The fraction of sp³-hybridized carbons (Fsp3) is 0.263. The van der Waals surface area contributed by atoms with Crippen LogP contribution in [0.5, 0.6) is 0 Å². The Bertz CT molecular complexity index is 699. The first-order valence-electron chi connectivity index (χ1n) is 7.44. The molecule has 0 amide bonds. The van der Waals surface area contributed by atoms with Crippen LogP contribution < -0.4 is 4.90 Å². The van der Waals surface area contributed by atoms with E-state index >= 15 is 0 Å². The number of nitrogens with zero attached hydrogens (tertiary/aromatic N) is 1. The highest BCUT2D eigenvalue weighted by Crippen LogP contribution is 2.39. The first kappa shape index (κ1) is 14.5. The molecule has 2 aromatic carbocycles. The van der Waals surface area contributed by atoms with Gasteiger partial charge in [0.05, 0.1) is 17.8 Å². The topological polar surface area (TPSA) is 37.4 Å². The second kappa shape index (κ2) is 5.09. The van der Waals surface area contributed by atoms with Crippen LogP contribution in [0.15, 0.2) is 48.5 Å². The molecule has 22 heavy (non-hydrogen) atoms. The molecule has 0 aliphatic carbocycles. The van der Waals surface area contributed by atoms with E-state index in [0.717, 1.165) is 11.4 Å². The molecule has 1 aliphatic rings. The highest BCUT2D eigenvalue weighted by molar-refractivity contribution is 6.19. The maximum atomic E-state index is 12.5. The fourth-order valence-electron chi connectivity index (χ4n) is 3.00. The number of para-hydroxylation sites is 2. The van der Waals surface area contributed by atoms with E-state index in [2.05, 4.69) is 25.7 Å². The normalized spacial score (nSPS) is 15.0. The SMILES string of the molecule is CC(C)(C)N1c2ccccc2C(=O)CC(=O)c2ccccc21. The van der Waals surface area contributed by atoms with E-state index in [1.54, 1.807) is 12.1 Å². The van der Waals surface area contributed by atoms with E-state index in [9.17, 15) is 9.59 Å². The number of ketones is 2. The summed E-state index contributed by atoms with van der Waals surface area (Å²) in [5.74, 6) is -0.242. The molecule has 0 aromatic heterocycles. The molecule has 0 fully saturated rings. The van der Waals surface area contributed by atoms with Crippen molar-refractivity contribution in [2.75, 3.05) is 4.90 Å². The summed E-state index contributed by atoms with van der Waals surface area (Å²) in [5.41, 5.74) is 2.69. The van der Waals surface area contributed by atoms with Crippen molar-refractivity contribution in [3.8, 4) is 0 Å². The quantitative estimate of drug-likeness (QED) is 0.676. The van der Waals surface area contributed by atoms with Gasteiger partial charge in [-0.05, 0) is 45.0 Å². The Kier molecular flexibility index (Phi) is 3.36. The Morgan fingerprint density at radius 1 is 0.773 bits per heavy atom. The number of rotatable bonds is 0. The first-order chi connectivity index (χ1) is 10.4. The van der Waals surface area contributed by atoms with Gasteiger partial charge in [-0.1, -0.05) is 24.3 Å². The van der Waals surface area contributed by atoms with Crippen molar-refractivity contribution in [1.29, 1.82) is 0 Å². The average Bonchev–Trinajstić information content (AvgIpc) is 2.46. The van der Waals surface area contributed by atoms with Gasteiger partial charge in [-0.25, -0.2) is 0 Å². The van der Waals surface area contributed by atoms with Crippen LogP contribution in [0, 0.1) is 0 Å². The third-order valence-electron chi connectivity index (χ3n) is 3.88. The molecule has 0 saturated heterocycles. The molecule has 0 bridgehead atoms. The zero-order valence-electron chi connectivity index (χ0n) is 13.1. The maximum absolute atomic E-state index is 12.5. The smallest absolute Gasteiger partial charge is 0.172 e. The maximum Gasteiger partial charge on any atom is 0.172 e. The molecule has 3 rings (SSSR count). The number of benzene rings is 2. The largest absolute Gasteiger partial charge is 0.335 e. The molecule has 3 nitrogen and oxygen atoms in total. The standard InChI is InChI=1S/C19H19NO2/c1-19(2,3)20-15-10-6-4-8-13(15)17(21)12-18(22)14-9-5-7-11-16(14)20/h4-11H,12H2,1-3H3. The Labute approximate surface area is 130 Å². The van der Waals surface area contributed by atoms with E-state index in [0.29, 0.717) is 11.1 Å². The van der Waals surface area contributed by atoms with Crippen LogP contribution in [0.25, 0.3) is 0 Å². The molecule has 2 aromatic rings. The van der Waals surface area contributed by atoms with Crippen LogP contribution >= 0.6 is 0 Å².